The van der Waals surface area contributed by atoms with Crippen molar-refractivity contribution in [3.8, 4) is 5.75 Å². The average Bonchev–Trinajstić information content (AvgIpc) is 2.21. The van der Waals surface area contributed by atoms with E-state index in [9.17, 15) is 0 Å². The van der Waals surface area contributed by atoms with Gasteiger partial charge in [0.15, 0.2) is 0 Å². The molecule has 0 aliphatic rings. The summed E-state index contributed by atoms with van der Waals surface area (Å²) < 4.78 is 5.82. The second-order valence-corrected chi connectivity index (χ2v) is 3.55. The minimum absolute atomic E-state index is 0. The van der Waals surface area contributed by atoms with Crippen molar-refractivity contribution in [1.82, 2.24) is 0 Å². The summed E-state index contributed by atoms with van der Waals surface area (Å²) >= 11 is 0. The minimum Gasteiger partial charge on any atom is -0.490 e. The molecule has 2 heteroatoms. The van der Waals surface area contributed by atoms with Gasteiger partial charge in [-0.1, -0.05) is 31.5 Å². The second-order valence-electron chi connectivity index (χ2n) is 3.55. The van der Waals surface area contributed by atoms with E-state index in [0.29, 0.717) is 6.10 Å². The van der Waals surface area contributed by atoms with Gasteiger partial charge >= 0.3 is 0 Å². The summed E-state index contributed by atoms with van der Waals surface area (Å²) in [6.45, 7) is 8.10. The standard InChI is InChI=1S/C13H19O.W/c1-4-8-12-9-6-7-10-13(12)14-11(3)5-2;/h6-7,9-11H,1,4-5,8H2,2-3H3;/q-1;/t11-;/m0./s1. The predicted octanol–water partition coefficient (Wildman–Crippen LogP) is 3.63. The van der Waals surface area contributed by atoms with Crippen molar-refractivity contribution >= 4 is 0 Å². The Labute approximate surface area is 107 Å². The van der Waals surface area contributed by atoms with Crippen LogP contribution in [0.25, 0.3) is 0 Å². The first-order chi connectivity index (χ1) is 6.77. The van der Waals surface area contributed by atoms with Gasteiger partial charge in [-0.15, -0.1) is 0 Å². The maximum atomic E-state index is 5.82. The first-order valence-electron chi connectivity index (χ1n) is 5.31. The molecule has 0 amide bonds. The molecule has 1 aromatic carbocycles. The van der Waals surface area contributed by atoms with Gasteiger partial charge in [0.05, 0.1) is 6.10 Å². The molecule has 0 heterocycles. The normalized spacial score (nSPS) is 11.7. The van der Waals surface area contributed by atoms with Crippen LogP contribution in [0.2, 0.25) is 0 Å². The molecule has 1 aromatic rings. The Kier molecular flexibility index (Phi) is 7.78. The maximum Gasteiger partial charge on any atom is 0.122 e. The Hall–Kier alpha value is -0.292. The first-order valence-corrected chi connectivity index (χ1v) is 5.31. The molecule has 0 bridgehead atoms. The smallest absolute Gasteiger partial charge is 0.122 e. The third-order valence-corrected chi connectivity index (χ3v) is 2.32. The quantitative estimate of drug-likeness (QED) is 0.715. The van der Waals surface area contributed by atoms with Crippen LogP contribution in [-0.2, 0) is 27.5 Å². The van der Waals surface area contributed by atoms with Crippen LogP contribution >= 0.6 is 0 Å². The largest absolute Gasteiger partial charge is 0.490 e. The van der Waals surface area contributed by atoms with Gasteiger partial charge < -0.3 is 11.7 Å². The van der Waals surface area contributed by atoms with Crippen LogP contribution in [0.15, 0.2) is 24.3 Å². The molecule has 84 valence electrons. The second kappa shape index (κ2) is 7.93. The Morgan fingerprint density at radius 1 is 1.33 bits per heavy atom. The molecule has 0 aliphatic carbocycles. The molecule has 0 aliphatic heterocycles. The van der Waals surface area contributed by atoms with Gasteiger partial charge in [-0.2, -0.15) is 6.42 Å². The summed E-state index contributed by atoms with van der Waals surface area (Å²) in [7, 11) is 0. The molecule has 0 unspecified atom stereocenters. The predicted molar refractivity (Wildman–Crippen MR) is 60.5 cm³/mol. The van der Waals surface area contributed by atoms with Crippen LogP contribution in [-0.4, -0.2) is 6.10 Å². The fourth-order valence-corrected chi connectivity index (χ4v) is 1.32. The SMILES string of the molecule is [CH2-]CCc1ccccc1O[C@@H](C)CC.[W]. The fraction of sp³-hybridized carbons (Fsp3) is 0.462. The van der Waals surface area contributed by atoms with E-state index in [1.165, 1.54) is 5.56 Å². The Balaban J connectivity index is 0.00000196. The van der Waals surface area contributed by atoms with E-state index < -0.39 is 0 Å². The first kappa shape index (κ1) is 14.7. The number of aryl methyl sites for hydroxylation is 1. The summed E-state index contributed by atoms with van der Waals surface area (Å²) in [5.74, 6) is 1.02. The number of benzene rings is 1. The van der Waals surface area contributed by atoms with Crippen molar-refractivity contribution in [2.45, 2.75) is 39.2 Å². The van der Waals surface area contributed by atoms with Crippen LogP contribution in [0, 0.1) is 6.92 Å². The van der Waals surface area contributed by atoms with E-state index in [0.717, 1.165) is 25.0 Å². The van der Waals surface area contributed by atoms with Gasteiger partial charge in [0, 0.05) is 21.1 Å². The minimum atomic E-state index is 0. The Morgan fingerprint density at radius 2 is 2.00 bits per heavy atom. The van der Waals surface area contributed by atoms with E-state index >= 15 is 0 Å². The summed E-state index contributed by atoms with van der Waals surface area (Å²) in [5, 5.41) is 0. The zero-order chi connectivity index (χ0) is 10.4. The monoisotopic (exact) mass is 375 g/mol. The number of rotatable bonds is 5. The van der Waals surface area contributed by atoms with Gasteiger partial charge in [0.25, 0.3) is 0 Å². The summed E-state index contributed by atoms with van der Waals surface area (Å²) in [6, 6.07) is 8.22. The van der Waals surface area contributed by atoms with Gasteiger partial charge in [-0.25, -0.2) is 0 Å². The van der Waals surface area contributed by atoms with Gasteiger partial charge in [0.2, 0.25) is 0 Å². The molecule has 0 spiro atoms. The van der Waals surface area contributed by atoms with Crippen molar-refractivity contribution in [3.05, 3.63) is 36.8 Å². The van der Waals surface area contributed by atoms with Crippen LogP contribution in [0.3, 0.4) is 0 Å². The maximum absolute atomic E-state index is 5.82. The van der Waals surface area contributed by atoms with E-state index in [4.69, 9.17) is 4.74 Å². The molecule has 15 heavy (non-hydrogen) atoms. The molecule has 0 radical (unpaired) electrons. The van der Waals surface area contributed by atoms with Crippen LogP contribution in [0.4, 0.5) is 0 Å². The van der Waals surface area contributed by atoms with E-state index in [2.05, 4.69) is 32.9 Å². The molecule has 0 saturated carbocycles. The third-order valence-electron chi connectivity index (χ3n) is 2.32. The van der Waals surface area contributed by atoms with Gasteiger partial charge in [-0.3, -0.25) is 0 Å². The van der Waals surface area contributed by atoms with E-state index in [-0.39, 0.29) is 21.1 Å². The van der Waals surface area contributed by atoms with Crippen LogP contribution in [0.1, 0.15) is 32.3 Å². The third kappa shape index (κ3) is 4.84. The molecule has 0 saturated heterocycles. The summed E-state index contributed by atoms with van der Waals surface area (Å²) in [5.41, 5.74) is 1.27. The summed E-state index contributed by atoms with van der Waals surface area (Å²) in [6.07, 6.45) is 3.24. The number of para-hydroxylation sites is 1. The molecule has 0 aromatic heterocycles. The van der Waals surface area contributed by atoms with Crippen molar-refractivity contribution < 1.29 is 25.8 Å². The molecule has 1 rings (SSSR count). The average molecular weight is 375 g/mol. The molecule has 0 fully saturated rings. The Bertz CT molecular complexity index is 273. The van der Waals surface area contributed by atoms with Crippen LogP contribution in [0.5, 0.6) is 5.75 Å². The molecule has 1 nitrogen and oxygen atoms in total. The van der Waals surface area contributed by atoms with E-state index in [1.54, 1.807) is 0 Å². The number of hydrogen-bond donors (Lipinski definition) is 0. The topological polar surface area (TPSA) is 9.23 Å². The van der Waals surface area contributed by atoms with Gasteiger partial charge in [0.1, 0.15) is 5.75 Å². The van der Waals surface area contributed by atoms with Crippen molar-refractivity contribution in [3.63, 3.8) is 0 Å². The summed E-state index contributed by atoms with van der Waals surface area (Å²) in [4.78, 5) is 0. The van der Waals surface area contributed by atoms with Gasteiger partial charge in [-0.05, 0) is 25.0 Å². The number of ether oxygens (including phenoxy) is 1. The van der Waals surface area contributed by atoms with Crippen molar-refractivity contribution in [2.75, 3.05) is 0 Å². The molecule has 0 N–H and O–H groups in total. The fourth-order valence-electron chi connectivity index (χ4n) is 1.32. The Morgan fingerprint density at radius 3 is 2.60 bits per heavy atom. The zero-order valence-electron chi connectivity index (χ0n) is 9.53. The number of hydrogen-bond acceptors (Lipinski definition) is 1. The molecular formula is C13H19OW-. The molecular weight excluding hydrogens is 356 g/mol. The van der Waals surface area contributed by atoms with Crippen molar-refractivity contribution in [2.24, 2.45) is 0 Å². The zero-order valence-corrected chi connectivity index (χ0v) is 12.5. The van der Waals surface area contributed by atoms with Crippen molar-refractivity contribution in [1.29, 1.82) is 0 Å². The van der Waals surface area contributed by atoms with Crippen LogP contribution < -0.4 is 4.74 Å². The van der Waals surface area contributed by atoms with E-state index in [1.807, 2.05) is 12.1 Å². The molecule has 1 atom stereocenters.